The van der Waals surface area contributed by atoms with Gasteiger partial charge in [0.2, 0.25) is 0 Å². The zero-order valence-electron chi connectivity index (χ0n) is 7.18. The van der Waals surface area contributed by atoms with Crippen molar-refractivity contribution in [2.45, 2.75) is 25.7 Å². The molecule has 0 amide bonds. The summed E-state index contributed by atoms with van der Waals surface area (Å²) in [4.78, 5) is 0. The van der Waals surface area contributed by atoms with E-state index in [9.17, 15) is 0 Å². The van der Waals surface area contributed by atoms with Gasteiger partial charge in [-0.25, -0.2) is 0 Å². The number of unbranched alkanes of at least 4 members (excludes halogenated alkanes) is 3. The third kappa shape index (κ3) is 9.66. The summed E-state index contributed by atoms with van der Waals surface area (Å²) in [6.45, 7) is 5.65. The molecule has 2 N–H and O–H groups in total. The second-order valence-corrected chi connectivity index (χ2v) is 2.61. The average Bonchev–Trinajstić information content (AvgIpc) is 2.03. The molecule has 0 bridgehead atoms. The van der Waals surface area contributed by atoms with Crippen molar-refractivity contribution in [2.75, 3.05) is 19.7 Å². The third-order valence-corrected chi connectivity index (χ3v) is 1.55. The summed E-state index contributed by atoms with van der Waals surface area (Å²) in [5, 5.41) is 11.6. The van der Waals surface area contributed by atoms with Crippen molar-refractivity contribution in [3.8, 4) is 0 Å². The van der Waals surface area contributed by atoms with Crippen molar-refractivity contribution in [3.63, 3.8) is 0 Å². The monoisotopic (exact) mass is 157 g/mol. The van der Waals surface area contributed by atoms with E-state index < -0.39 is 0 Å². The first-order valence-electron chi connectivity index (χ1n) is 4.34. The molecule has 0 aliphatic rings. The molecule has 0 radical (unpaired) electrons. The summed E-state index contributed by atoms with van der Waals surface area (Å²) in [6, 6.07) is 0. The Morgan fingerprint density at radius 3 is 2.64 bits per heavy atom. The predicted octanol–water partition coefficient (Wildman–Crippen LogP) is 1.31. The van der Waals surface area contributed by atoms with Crippen LogP contribution in [0.4, 0.5) is 0 Å². The Morgan fingerprint density at radius 2 is 2.00 bits per heavy atom. The molecule has 0 unspecified atom stereocenters. The zero-order valence-corrected chi connectivity index (χ0v) is 7.18. The van der Waals surface area contributed by atoms with Crippen molar-refractivity contribution in [1.82, 2.24) is 5.32 Å². The maximum atomic E-state index is 8.43. The van der Waals surface area contributed by atoms with Crippen LogP contribution in [0.3, 0.4) is 0 Å². The molecule has 0 aromatic heterocycles. The Morgan fingerprint density at radius 1 is 1.18 bits per heavy atom. The molecule has 11 heavy (non-hydrogen) atoms. The van der Waals surface area contributed by atoms with Crippen LogP contribution < -0.4 is 5.32 Å². The van der Waals surface area contributed by atoms with Gasteiger partial charge in [-0.15, -0.1) is 6.58 Å². The van der Waals surface area contributed by atoms with Crippen molar-refractivity contribution >= 4 is 0 Å². The van der Waals surface area contributed by atoms with Gasteiger partial charge in [-0.1, -0.05) is 12.5 Å². The number of aliphatic hydroxyl groups is 1. The second kappa shape index (κ2) is 9.66. The first kappa shape index (κ1) is 10.7. The molecule has 0 saturated carbocycles. The molecule has 0 aliphatic heterocycles. The zero-order chi connectivity index (χ0) is 8.36. The van der Waals surface area contributed by atoms with E-state index in [1.807, 2.05) is 6.08 Å². The van der Waals surface area contributed by atoms with Gasteiger partial charge in [0.15, 0.2) is 0 Å². The fraction of sp³-hybridized carbons (Fsp3) is 0.778. The van der Waals surface area contributed by atoms with Crippen LogP contribution in [-0.2, 0) is 0 Å². The van der Waals surface area contributed by atoms with E-state index in [0.29, 0.717) is 0 Å². The third-order valence-electron chi connectivity index (χ3n) is 1.55. The minimum absolute atomic E-state index is 0.243. The highest BCUT2D eigenvalue weighted by molar-refractivity contribution is 4.65. The molecule has 0 rings (SSSR count). The highest BCUT2D eigenvalue weighted by Crippen LogP contribution is 1.98. The molecule has 66 valence electrons. The van der Waals surface area contributed by atoms with E-state index in [0.717, 1.165) is 19.5 Å². The number of hydrogen-bond acceptors (Lipinski definition) is 2. The number of hydrogen-bond donors (Lipinski definition) is 2. The molecular formula is C9H19NO. The van der Waals surface area contributed by atoms with Crippen LogP contribution in [0.1, 0.15) is 25.7 Å². The van der Waals surface area contributed by atoms with E-state index in [2.05, 4.69) is 11.9 Å². The van der Waals surface area contributed by atoms with E-state index in [-0.39, 0.29) is 6.61 Å². The van der Waals surface area contributed by atoms with Gasteiger partial charge in [0.25, 0.3) is 0 Å². The van der Waals surface area contributed by atoms with Gasteiger partial charge >= 0.3 is 0 Å². The number of nitrogens with one attached hydrogen (secondary N) is 1. The largest absolute Gasteiger partial charge is 0.395 e. The molecule has 2 nitrogen and oxygen atoms in total. The van der Waals surface area contributed by atoms with Crippen LogP contribution in [0, 0.1) is 0 Å². The van der Waals surface area contributed by atoms with Gasteiger partial charge in [0.1, 0.15) is 0 Å². The smallest absolute Gasteiger partial charge is 0.0555 e. The molecule has 2 heteroatoms. The van der Waals surface area contributed by atoms with Gasteiger partial charge in [-0.05, 0) is 25.8 Å². The minimum atomic E-state index is 0.243. The van der Waals surface area contributed by atoms with Crippen molar-refractivity contribution in [1.29, 1.82) is 0 Å². The Kier molecular flexibility index (Phi) is 9.36. The predicted molar refractivity (Wildman–Crippen MR) is 48.6 cm³/mol. The molecule has 0 fully saturated rings. The Labute approximate surface area is 69.3 Å². The van der Waals surface area contributed by atoms with Crippen molar-refractivity contribution in [3.05, 3.63) is 12.7 Å². The van der Waals surface area contributed by atoms with E-state index in [1.54, 1.807) is 0 Å². The van der Waals surface area contributed by atoms with Crippen LogP contribution in [-0.4, -0.2) is 24.8 Å². The molecule has 0 saturated heterocycles. The Hall–Kier alpha value is -0.340. The van der Waals surface area contributed by atoms with Crippen LogP contribution in [0.5, 0.6) is 0 Å². The second-order valence-electron chi connectivity index (χ2n) is 2.61. The molecule has 0 aromatic rings. The normalized spacial score (nSPS) is 9.91. The van der Waals surface area contributed by atoms with Gasteiger partial charge in [0, 0.05) is 6.54 Å². The van der Waals surface area contributed by atoms with Gasteiger partial charge in [0.05, 0.1) is 6.61 Å². The van der Waals surface area contributed by atoms with Crippen LogP contribution in [0.2, 0.25) is 0 Å². The highest BCUT2D eigenvalue weighted by atomic mass is 16.3. The standard InChI is InChI=1S/C9H19NO/c1-2-3-4-5-6-7-10-8-9-11/h2,10-11H,1,3-9H2. The maximum Gasteiger partial charge on any atom is 0.0555 e. The Bertz CT molecular complexity index is 83.6. The van der Waals surface area contributed by atoms with Crippen LogP contribution in [0.25, 0.3) is 0 Å². The number of allylic oxidation sites excluding steroid dienone is 1. The lowest BCUT2D eigenvalue weighted by Gasteiger charge is -2.00. The molecule has 0 spiro atoms. The fourth-order valence-electron chi connectivity index (χ4n) is 0.920. The Balaban J connectivity index is 2.74. The fourth-order valence-corrected chi connectivity index (χ4v) is 0.920. The minimum Gasteiger partial charge on any atom is -0.395 e. The van der Waals surface area contributed by atoms with Crippen molar-refractivity contribution < 1.29 is 5.11 Å². The van der Waals surface area contributed by atoms with Gasteiger partial charge < -0.3 is 10.4 Å². The molecular weight excluding hydrogens is 138 g/mol. The SMILES string of the molecule is C=CCCCCCNCCO. The van der Waals surface area contributed by atoms with Crippen LogP contribution in [0.15, 0.2) is 12.7 Å². The summed E-state index contributed by atoms with van der Waals surface area (Å²) >= 11 is 0. The lowest BCUT2D eigenvalue weighted by Crippen LogP contribution is -2.19. The summed E-state index contributed by atoms with van der Waals surface area (Å²) in [5.74, 6) is 0. The van der Waals surface area contributed by atoms with Crippen LogP contribution >= 0.6 is 0 Å². The van der Waals surface area contributed by atoms with Crippen molar-refractivity contribution in [2.24, 2.45) is 0 Å². The van der Waals surface area contributed by atoms with Gasteiger partial charge in [-0.3, -0.25) is 0 Å². The average molecular weight is 157 g/mol. The number of rotatable bonds is 8. The highest BCUT2D eigenvalue weighted by Gasteiger charge is 1.86. The topological polar surface area (TPSA) is 32.3 Å². The summed E-state index contributed by atoms with van der Waals surface area (Å²) in [5.41, 5.74) is 0. The number of aliphatic hydroxyl groups excluding tert-OH is 1. The lowest BCUT2D eigenvalue weighted by atomic mass is 10.2. The summed E-state index contributed by atoms with van der Waals surface area (Å²) in [6.07, 6.45) is 6.78. The van der Waals surface area contributed by atoms with E-state index >= 15 is 0 Å². The van der Waals surface area contributed by atoms with Gasteiger partial charge in [-0.2, -0.15) is 0 Å². The van der Waals surface area contributed by atoms with E-state index in [1.165, 1.54) is 19.3 Å². The first-order chi connectivity index (χ1) is 5.41. The molecule has 0 heterocycles. The molecule has 0 atom stereocenters. The lowest BCUT2D eigenvalue weighted by molar-refractivity contribution is 0.292. The first-order valence-corrected chi connectivity index (χ1v) is 4.34. The molecule has 0 aromatic carbocycles. The quantitative estimate of drug-likeness (QED) is 0.411. The molecule has 0 aliphatic carbocycles. The summed E-state index contributed by atoms with van der Waals surface area (Å²) < 4.78 is 0. The maximum absolute atomic E-state index is 8.43. The summed E-state index contributed by atoms with van der Waals surface area (Å²) in [7, 11) is 0. The van der Waals surface area contributed by atoms with E-state index in [4.69, 9.17) is 5.11 Å².